The number of carbonyl (C=O) groups is 1. The van der Waals surface area contributed by atoms with E-state index in [-0.39, 0.29) is 5.91 Å². The SMILES string of the molecule is CCC(Sc1nc2c(cc1C#N)CC(c1ccccc1)CC2)C(=O)Nc1sc2c(c1C#N)CCN(C)C2. The average molecular weight is 528 g/mol. The molecule has 2 unspecified atom stereocenters. The standard InChI is InChI=1S/C29H29N5OS2/c1-3-25(27(35)33-29-23(16-31)22-11-12-34(2)17-26(22)37-29)36-28-21(15-30)14-20-13-19(9-10-24(20)32-28)18-7-5-4-6-8-18/h4-8,14,19,25H,3,9-13,17H2,1-2H3,(H,33,35). The maximum absolute atomic E-state index is 13.3. The van der Waals surface area contributed by atoms with Crippen molar-refractivity contribution in [3.05, 3.63) is 74.8 Å². The summed E-state index contributed by atoms with van der Waals surface area (Å²) in [5.41, 5.74) is 5.68. The number of nitrogens with zero attached hydrogens (tertiary/aromatic N) is 4. The van der Waals surface area contributed by atoms with Gasteiger partial charge in [-0.15, -0.1) is 11.3 Å². The molecule has 1 aliphatic carbocycles. The van der Waals surface area contributed by atoms with Crippen LogP contribution in [0.15, 0.2) is 41.4 Å². The summed E-state index contributed by atoms with van der Waals surface area (Å²) in [5, 5.41) is 23.6. The molecule has 188 valence electrons. The van der Waals surface area contributed by atoms with Gasteiger partial charge in [-0.05, 0) is 67.8 Å². The van der Waals surface area contributed by atoms with Crippen LogP contribution in [0.3, 0.4) is 0 Å². The summed E-state index contributed by atoms with van der Waals surface area (Å²) in [6.07, 6.45) is 4.16. The Bertz CT molecular complexity index is 1400. The van der Waals surface area contributed by atoms with Crippen molar-refractivity contribution in [3.8, 4) is 12.1 Å². The highest BCUT2D eigenvalue weighted by atomic mass is 32.2. The van der Waals surface area contributed by atoms with Crippen LogP contribution in [0.2, 0.25) is 0 Å². The highest BCUT2D eigenvalue weighted by Gasteiger charge is 2.28. The Morgan fingerprint density at radius 1 is 1.27 bits per heavy atom. The van der Waals surface area contributed by atoms with Crippen LogP contribution in [0.4, 0.5) is 5.00 Å². The van der Waals surface area contributed by atoms with Gasteiger partial charge in [0.1, 0.15) is 22.2 Å². The van der Waals surface area contributed by atoms with E-state index in [0.717, 1.165) is 60.5 Å². The lowest BCUT2D eigenvalue weighted by molar-refractivity contribution is -0.115. The molecule has 2 atom stereocenters. The molecular formula is C29H29N5OS2. The highest BCUT2D eigenvalue weighted by Crippen LogP contribution is 2.38. The third kappa shape index (κ3) is 5.29. The van der Waals surface area contributed by atoms with Crippen LogP contribution in [-0.4, -0.2) is 34.6 Å². The molecule has 1 N–H and O–H groups in total. The number of aromatic nitrogens is 1. The number of anilines is 1. The fourth-order valence-electron chi connectivity index (χ4n) is 5.21. The van der Waals surface area contributed by atoms with Gasteiger partial charge in [-0.1, -0.05) is 49.0 Å². The number of likely N-dealkylation sites (N-methyl/N-ethyl adjacent to an activating group) is 1. The van der Waals surface area contributed by atoms with Crippen molar-refractivity contribution in [1.82, 2.24) is 9.88 Å². The smallest absolute Gasteiger partial charge is 0.238 e. The zero-order chi connectivity index (χ0) is 25.9. The van der Waals surface area contributed by atoms with E-state index in [4.69, 9.17) is 4.98 Å². The number of rotatable bonds is 6. The highest BCUT2D eigenvalue weighted by molar-refractivity contribution is 8.00. The van der Waals surface area contributed by atoms with Gasteiger partial charge in [0.2, 0.25) is 5.91 Å². The molecule has 2 aliphatic rings. The largest absolute Gasteiger partial charge is 0.316 e. The Kier molecular flexibility index (Phi) is 7.62. The Morgan fingerprint density at radius 2 is 2.08 bits per heavy atom. The monoisotopic (exact) mass is 527 g/mol. The van der Waals surface area contributed by atoms with Crippen LogP contribution in [0.1, 0.15) is 64.1 Å². The molecule has 8 heteroatoms. The molecule has 3 heterocycles. The van der Waals surface area contributed by atoms with Crippen molar-refractivity contribution in [2.24, 2.45) is 0 Å². The Morgan fingerprint density at radius 3 is 2.81 bits per heavy atom. The van der Waals surface area contributed by atoms with Crippen LogP contribution in [0, 0.1) is 22.7 Å². The molecule has 1 aliphatic heterocycles. The molecule has 0 spiro atoms. The molecule has 0 radical (unpaired) electrons. The first-order chi connectivity index (χ1) is 18.0. The number of aryl methyl sites for hydroxylation is 1. The molecule has 0 saturated carbocycles. The lowest BCUT2D eigenvalue weighted by Crippen LogP contribution is -2.25. The van der Waals surface area contributed by atoms with Gasteiger partial charge < -0.3 is 10.2 Å². The number of nitrogens with one attached hydrogen (secondary N) is 1. The Labute approximate surface area is 226 Å². The minimum Gasteiger partial charge on any atom is -0.316 e. The quantitative estimate of drug-likeness (QED) is 0.416. The van der Waals surface area contributed by atoms with E-state index in [2.05, 4.69) is 53.7 Å². The second kappa shape index (κ2) is 11.1. The van der Waals surface area contributed by atoms with Crippen LogP contribution in [0.5, 0.6) is 0 Å². The van der Waals surface area contributed by atoms with Crippen LogP contribution < -0.4 is 5.32 Å². The van der Waals surface area contributed by atoms with Gasteiger partial charge in [-0.25, -0.2) is 4.98 Å². The number of hydrogen-bond donors (Lipinski definition) is 1. The first kappa shape index (κ1) is 25.5. The van der Waals surface area contributed by atoms with Gasteiger partial charge >= 0.3 is 0 Å². The number of amides is 1. The summed E-state index contributed by atoms with van der Waals surface area (Å²) in [5.74, 6) is 0.281. The minimum atomic E-state index is -0.411. The van der Waals surface area contributed by atoms with Gasteiger partial charge in [-0.2, -0.15) is 10.5 Å². The van der Waals surface area contributed by atoms with Crippen molar-refractivity contribution < 1.29 is 4.79 Å². The number of pyridine rings is 1. The molecule has 2 aromatic heterocycles. The molecule has 1 amide bonds. The van der Waals surface area contributed by atoms with Gasteiger partial charge in [0.25, 0.3) is 0 Å². The second-order valence-corrected chi connectivity index (χ2v) is 12.0. The van der Waals surface area contributed by atoms with E-state index in [1.165, 1.54) is 28.7 Å². The Balaban J connectivity index is 1.34. The molecule has 37 heavy (non-hydrogen) atoms. The zero-order valence-corrected chi connectivity index (χ0v) is 22.7. The minimum absolute atomic E-state index is 0.150. The number of benzene rings is 1. The molecule has 6 nitrogen and oxygen atoms in total. The number of nitriles is 2. The third-order valence-corrected chi connectivity index (χ3v) is 9.76. The van der Waals surface area contributed by atoms with E-state index >= 15 is 0 Å². The van der Waals surface area contributed by atoms with E-state index in [1.54, 1.807) is 0 Å². The summed E-state index contributed by atoms with van der Waals surface area (Å²) in [6, 6.07) is 17.1. The fourth-order valence-corrected chi connectivity index (χ4v) is 7.49. The second-order valence-electron chi connectivity index (χ2n) is 9.72. The molecule has 0 fully saturated rings. The molecule has 0 bridgehead atoms. The van der Waals surface area contributed by atoms with Crippen molar-refractivity contribution in [3.63, 3.8) is 0 Å². The van der Waals surface area contributed by atoms with Crippen molar-refractivity contribution >= 4 is 34.0 Å². The van der Waals surface area contributed by atoms with Gasteiger partial charge in [0.05, 0.1) is 16.4 Å². The van der Waals surface area contributed by atoms with E-state index in [0.29, 0.717) is 33.5 Å². The molecule has 5 rings (SSSR count). The van der Waals surface area contributed by atoms with Crippen LogP contribution in [0.25, 0.3) is 0 Å². The molecular weight excluding hydrogens is 498 g/mol. The molecule has 0 saturated heterocycles. The normalized spacial score (nSPS) is 17.7. The van der Waals surface area contributed by atoms with Crippen LogP contribution in [-0.2, 0) is 30.6 Å². The average Bonchev–Trinajstić information content (AvgIpc) is 3.26. The maximum Gasteiger partial charge on any atom is 0.238 e. The van der Waals surface area contributed by atoms with Gasteiger partial charge in [0, 0.05) is 23.7 Å². The maximum atomic E-state index is 13.3. The molecule has 1 aromatic carbocycles. The summed E-state index contributed by atoms with van der Waals surface area (Å²) >= 11 is 2.86. The summed E-state index contributed by atoms with van der Waals surface area (Å²) < 4.78 is 0. The van der Waals surface area contributed by atoms with Crippen molar-refractivity contribution in [2.75, 3.05) is 18.9 Å². The lowest BCUT2D eigenvalue weighted by atomic mass is 9.82. The number of carbonyl (C=O) groups excluding carboxylic acids is 1. The fraction of sp³-hybridized carbons (Fsp3) is 0.379. The van der Waals surface area contributed by atoms with Gasteiger partial charge in [0.15, 0.2) is 0 Å². The number of thioether (sulfide) groups is 1. The van der Waals surface area contributed by atoms with Gasteiger partial charge in [-0.3, -0.25) is 4.79 Å². The first-order valence-corrected chi connectivity index (χ1v) is 14.4. The number of fused-ring (bicyclic) bond motifs is 2. The summed E-state index contributed by atoms with van der Waals surface area (Å²) in [4.78, 5) is 21.6. The molecule has 3 aromatic rings. The van der Waals surface area contributed by atoms with Crippen LogP contribution >= 0.6 is 23.1 Å². The first-order valence-electron chi connectivity index (χ1n) is 12.7. The van der Waals surface area contributed by atoms with E-state index in [9.17, 15) is 15.3 Å². The summed E-state index contributed by atoms with van der Waals surface area (Å²) in [6.45, 7) is 3.67. The van der Waals surface area contributed by atoms with E-state index in [1.807, 2.05) is 19.1 Å². The lowest BCUT2D eigenvalue weighted by Gasteiger charge is -2.25. The number of hydrogen-bond acceptors (Lipinski definition) is 7. The summed E-state index contributed by atoms with van der Waals surface area (Å²) in [7, 11) is 2.07. The zero-order valence-electron chi connectivity index (χ0n) is 21.1. The predicted molar refractivity (Wildman–Crippen MR) is 148 cm³/mol. The van der Waals surface area contributed by atoms with Crippen molar-refractivity contribution in [1.29, 1.82) is 10.5 Å². The predicted octanol–water partition coefficient (Wildman–Crippen LogP) is 5.66. The Hall–Kier alpha value is -3.17. The number of thiophene rings is 1. The third-order valence-electron chi connectivity index (χ3n) is 7.26. The topological polar surface area (TPSA) is 92.8 Å². The van der Waals surface area contributed by atoms with Crippen molar-refractivity contribution in [2.45, 2.75) is 61.8 Å². The van der Waals surface area contributed by atoms with E-state index < -0.39 is 5.25 Å².